The smallest absolute Gasteiger partial charge is 0.349 e. The summed E-state index contributed by atoms with van der Waals surface area (Å²) in [6.07, 6.45) is 3.58. The van der Waals surface area contributed by atoms with Gasteiger partial charge in [0.1, 0.15) is 5.75 Å². The minimum atomic E-state index is -0.789. The Bertz CT molecular complexity index is 1380. The first-order valence-corrected chi connectivity index (χ1v) is 10.4. The molecule has 1 aromatic carbocycles. The van der Waals surface area contributed by atoms with Crippen LogP contribution in [0, 0.1) is 5.92 Å². The van der Waals surface area contributed by atoms with Crippen molar-refractivity contribution in [3.8, 4) is 17.2 Å². The lowest BCUT2D eigenvalue weighted by Gasteiger charge is -2.46. The number of H-pyrrole nitrogens is 2. The summed E-state index contributed by atoms with van der Waals surface area (Å²) in [6, 6.07) is 2.85. The molecule has 1 saturated carbocycles. The Labute approximate surface area is 184 Å². The number of rotatable bonds is 3. The van der Waals surface area contributed by atoms with Crippen LogP contribution in [0.5, 0.6) is 11.5 Å². The lowest BCUT2D eigenvalue weighted by molar-refractivity contribution is 0.195. The molecule has 0 saturated heterocycles. The lowest BCUT2D eigenvalue weighted by atomic mass is 9.58. The summed E-state index contributed by atoms with van der Waals surface area (Å²) in [5.41, 5.74) is 5.70. The van der Waals surface area contributed by atoms with Crippen LogP contribution < -0.4 is 27.3 Å². The molecule has 9 nitrogen and oxygen atoms in total. The minimum Gasteiger partial charge on any atom is -0.452 e. The molecule has 0 aliphatic heterocycles. The molecule has 3 aromatic rings. The van der Waals surface area contributed by atoms with Crippen LogP contribution in [0.2, 0.25) is 10.0 Å². The van der Waals surface area contributed by atoms with Crippen LogP contribution in [0.15, 0.2) is 32.7 Å². The van der Waals surface area contributed by atoms with Crippen molar-refractivity contribution in [2.45, 2.75) is 31.6 Å². The summed E-state index contributed by atoms with van der Waals surface area (Å²) >= 11 is 12.8. The van der Waals surface area contributed by atoms with Crippen molar-refractivity contribution in [3.05, 3.63) is 70.7 Å². The number of aromatic nitrogens is 4. The van der Waals surface area contributed by atoms with Gasteiger partial charge in [-0.25, -0.2) is 4.79 Å². The van der Waals surface area contributed by atoms with Gasteiger partial charge in [-0.05, 0) is 42.7 Å². The number of pyridine rings is 1. The average Bonchev–Trinajstić information content (AvgIpc) is 2.67. The molecule has 1 fully saturated rings. The van der Waals surface area contributed by atoms with E-state index < -0.39 is 11.2 Å². The fraction of sp³-hybridized carbons (Fsp3) is 0.300. The number of hydrogen-bond donors (Lipinski definition) is 3. The van der Waals surface area contributed by atoms with Crippen LogP contribution in [0.25, 0.3) is 5.69 Å². The third-order valence-corrected chi connectivity index (χ3v) is 6.73. The van der Waals surface area contributed by atoms with Crippen molar-refractivity contribution >= 4 is 29.0 Å². The fourth-order valence-corrected chi connectivity index (χ4v) is 5.06. The van der Waals surface area contributed by atoms with Crippen molar-refractivity contribution in [1.82, 2.24) is 19.7 Å². The number of ether oxygens (including phenoxy) is 1. The van der Waals surface area contributed by atoms with Gasteiger partial charge in [-0.2, -0.15) is 4.68 Å². The van der Waals surface area contributed by atoms with Crippen molar-refractivity contribution in [2.75, 3.05) is 5.73 Å². The number of nitrogen functional groups attached to an aromatic ring is 1. The molecule has 0 spiro atoms. The molecule has 6 rings (SSSR count). The van der Waals surface area contributed by atoms with E-state index in [1.54, 1.807) is 0 Å². The maximum absolute atomic E-state index is 12.4. The molecule has 1 atom stereocenters. The van der Waals surface area contributed by atoms with Gasteiger partial charge in [-0.15, -0.1) is 5.10 Å². The largest absolute Gasteiger partial charge is 0.452 e. The third kappa shape index (κ3) is 3.07. The first-order valence-electron chi connectivity index (χ1n) is 9.66. The van der Waals surface area contributed by atoms with Gasteiger partial charge in [0.2, 0.25) is 5.82 Å². The zero-order valence-electron chi connectivity index (χ0n) is 16.2. The summed E-state index contributed by atoms with van der Waals surface area (Å²) in [5.74, 6) is 1.27. The number of anilines is 1. The van der Waals surface area contributed by atoms with Crippen molar-refractivity contribution in [1.29, 1.82) is 0 Å². The molecule has 3 aliphatic rings. The van der Waals surface area contributed by atoms with Crippen LogP contribution >= 0.6 is 23.2 Å². The van der Waals surface area contributed by atoms with Gasteiger partial charge < -0.3 is 15.5 Å². The van der Waals surface area contributed by atoms with Crippen LogP contribution in [-0.2, 0) is 0 Å². The molecule has 3 aliphatic carbocycles. The lowest BCUT2D eigenvalue weighted by Crippen LogP contribution is -2.37. The topological polar surface area (TPSA) is 136 Å². The van der Waals surface area contributed by atoms with Gasteiger partial charge in [-0.3, -0.25) is 14.6 Å². The van der Waals surface area contributed by atoms with Gasteiger partial charge in [0.05, 0.1) is 15.7 Å². The number of benzene rings is 1. The quantitative estimate of drug-likeness (QED) is 0.548. The standard InChI is InChI=1S/C20H17Cl2N5O4/c1-7-8-2-9(3-8)15-13(6-24-18(28)14(7)15)31-16-11(21)4-10(5-12(16)22)27-20(30)25-19(29)17(23)26-27/h4-9H,2-3H2,1H3,(H2,23,26)(H,24,28)(H,25,29,30). The maximum Gasteiger partial charge on any atom is 0.349 e. The highest BCUT2D eigenvalue weighted by Gasteiger charge is 2.45. The van der Waals surface area contributed by atoms with Crippen LogP contribution in [0.1, 0.15) is 42.7 Å². The second-order valence-corrected chi connectivity index (χ2v) is 8.74. The number of nitrogens with one attached hydrogen (secondary N) is 2. The first kappa shape index (κ1) is 19.9. The van der Waals surface area contributed by atoms with E-state index in [0.717, 1.165) is 28.7 Å². The van der Waals surface area contributed by atoms with Crippen molar-refractivity contribution in [3.63, 3.8) is 0 Å². The van der Waals surface area contributed by atoms with E-state index in [1.165, 1.54) is 18.3 Å². The third-order valence-electron chi connectivity index (χ3n) is 6.17. The molecule has 4 N–H and O–H groups in total. The minimum absolute atomic E-state index is 0.0992. The highest BCUT2D eigenvalue weighted by Crippen LogP contribution is 2.57. The Morgan fingerprint density at radius 2 is 1.81 bits per heavy atom. The van der Waals surface area contributed by atoms with E-state index >= 15 is 0 Å². The Kier molecular flexibility index (Phi) is 4.49. The molecular weight excluding hydrogens is 445 g/mol. The molecular formula is C20H17Cl2N5O4. The fourth-order valence-electron chi connectivity index (χ4n) is 4.50. The zero-order valence-corrected chi connectivity index (χ0v) is 17.8. The summed E-state index contributed by atoms with van der Waals surface area (Å²) in [6.45, 7) is 2.06. The molecule has 0 amide bonds. The normalized spacial score (nSPS) is 21.3. The molecule has 160 valence electrons. The first-order chi connectivity index (χ1) is 14.7. The summed E-state index contributed by atoms with van der Waals surface area (Å²) in [7, 11) is 0. The Balaban J connectivity index is 1.58. The number of aromatic amines is 2. The number of halogens is 2. The maximum atomic E-state index is 12.4. The number of nitrogens with zero attached hydrogens (tertiary/aromatic N) is 2. The van der Waals surface area contributed by atoms with Crippen LogP contribution in [0.3, 0.4) is 0 Å². The molecule has 2 bridgehead atoms. The Morgan fingerprint density at radius 3 is 2.48 bits per heavy atom. The monoisotopic (exact) mass is 461 g/mol. The molecule has 2 heterocycles. The summed E-state index contributed by atoms with van der Waals surface area (Å²) in [4.78, 5) is 40.8. The van der Waals surface area contributed by atoms with Gasteiger partial charge in [0.15, 0.2) is 5.75 Å². The molecule has 0 radical (unpaired) electrons. The van der Waals surface area contributed by atoms with Gasteiger partial charge in [0, 0.05) is 17.3 Å². The Hall–Kier alpha value is -3.04. The SMILES string of the molecule is CC1c2c(c(Oc3c(Cl)cc(-n4nc(N)c(=O)[nH]c4=O)cc3Cl)c[nH]c2=O)C2CC1C2. The van der Waals surface area contributed by atoms with Crippen molar-refractivity contribution in [2.24, 2.45) is 5.92 Å². The van der Waals surface area contributed by atoms with E-state index in [-0.39, 0.29) is 44.7 Å². The van der Waals surface area contributed by atoms with Gasteiger partial charge >= 0.3 is 5.69 Å². The predicted octanol–water partition coefficient (Wildman–Crippen LogP) is 2.90. The summed E-state index contributed by atoms with van der Waals surface area (Å²) < 4.78 is 6.96. The number of nitrogens with two attached hydrogens (primary N) is 1. The van der Waals surface area contributed by atoms with Crippen LogP contribution in [0.4, 0.5) is 5.82 Å². The zero-order chi connectivity index (χ0) is 22.0. The Morgan fingerprint density at radius 1 is 1.13 bits per heavy atom. The van der Waals surface area contributed by atoms with Gasteiger partial charge in [0.25, 0.3) is 11.1 Å². The molecule has 2 aromatic heterocycles. The van der Waals surface area contributed by atoms with E-state index in [9.17, 15) is 14.4 Å². The second kappa shape index (κ2) is 7.00. The van der Waals surface area contributed by atoms with Crippen molar-refractivity contribution < 1.29 is 4.74 Å². The van der Waals surface area contributed by atoms with E-state index in [4.69, 9.17) is 33.7 Å². The van der Waals surface area contributed by atoms with E-state index in [0.29, 0.717) is 11.7 Å². The molecule has 31 heavy (non-hydrogen) atoms. The second-order valence-electron chi connectivity index (χ2n) is 7.92. The predicted molar refractivity (Wildman–Crippen MR) is 116 cm³/mol. The van der Waals surface area contributed by atoms with E-state index in [2.05, 4.69) is 22.0 Å². The average molecular weight is 462 g/mol. The molecule has 11 heteroatoms. The van der Waals surface area contributed by atoms with Crippen LogP contribution in [-0.4, -0.2) is 19.7 Å². The highest BCUT2D eigenvalue weighted by molar-refractivity contribution is 6.37. The number of hydrogen-bond acceptors (Lipinski definition) is 6. The summed E-state index contributed by atoms with van der Waals surface area (Å²) in [5, 5.41) is 4.01. The molecule has 1 unspecified atom stereocenters. The van der Waals surface area contributed by atoms with Gasteiger partial charge in [-0.1, -0.05) is 30.1 Å². The highest BCUT2D eigenvalue weighted by atomic mass is 35.5. The van der Waals surface area contributed by atoms with E-state index in [1.807, 2.05) is 0 Å².